The molecule has 0 bridgehead atoms. The molecule has 0 saturated carbocycles. The predicted octanol–water partition coefficient (Wildman–Crippen LogP) is 2.02. The van der Waals surface area contributed by atoms with Crippen LogP contribution < -0.4 is 10.1 Å². The van der Waals surface area contributed by atoms with E-state index in [2.05, 4.69) is 10.4 Å². The number of nitrogens with one attached hydrogen (secondary N) is 1. The molecule has 1 aromatic heterocycles. The molecule has 0 atom stereocenters. The fourth-order valence-electron chi connectivity index (χ4n) is 2.94. The zero-order valence-corrected chi connectivity index (χ0v) is 14.0. The summed E-state index contributed by atoms with van der Waals surface area (Å²) in [6, 6.07) is 2.86. The van der Waals surface area contributed by atoms with Crippen molar-refractivity contribution in [3.8, 4) is 5.75 Å². The molecule has 3 rings (SSSR count). The summed E-state index contributed by atoms with van der Waals surface area (Å²) in [4.78, 5) is 12.4. The first-order valence-corrected chi connectivity index (χ1v) is 7.77. The van der Waals surface area contributed by atoms with Gasteiger partial charge in [-0.05, 0) is 38.0 Å². The predicted molar refractivity (Wildman–Crippen MR) is 85.4 cm³/mol. The first-order chi connectivity index (χ1) is 11.5. The SMILES string of the molecule is Cc1nn(C)c(C)c1C(=O)NCCc1cc(F)cc2c1OCOC2. The van der Waals surface area contributed by atoms with E-state index in [1.54, 1.807) is 18.7 Å². The van der Waals surface area contributed by atoms with Gasteiger partial charge in [-0.15, -0.1) is 0 Å². The summed E-state index contributed by atoms with van der Waals surface area (Å²) in [5.74, 6) is 0.154. The molecule has 0 saturated heterocycles. The van der Waals surface area contributed by atoms with Crippen molar-refractivity contribution in [1.82, 2.24) is 15.1 Å². The Morgan fingerprint density at radius 2 is 2.21 bits per heavy atom. The van der Waals surface area contributed by atoms with Gasteiger partial charge in [0.2, 0.25) is 0 Å². The van der Waals surface area contributed by atoms with Gasteiger partial charge in [0, 0.05) is 24.8 Å². The first kappa shape index (κ1) is 16.4. The minimum absolute atomic E-state index is 0.159. The number of amides is 1. The summed E-state index contributed by atoms with van der Waals surface area (Å²) in [5.41, 5.74) is 3.52. The Hall–Kier alpha value is -2.41. The van der Waals surface area contributed by atoms with Gasteiger partial charge < -0.3 is 14.8 Å². The summed E-state index contributed by atoms with van der Waals surface area (Å²) in [6.07, 6.45) is 0.476. The highest BCUT2D eigenvalue weighted by Gasteiger charge is 2.19. The van der Waals surface area contributed by atoms with Gasteiger partial charge in [0.25, 0.3) is 5.91 Å². The van der Waals surface area contributed by atoms with Crippen LogP contribution in [0.2, 0.25) is 0 Å². The van der Waals surface area contributed by atoms with Crippen LogP contribution in [0, 0.1) is 19.7 Å². The number of fused-ring (bicyclic) bond motifs is 1. The number of nitrogens with zero attached hydrogens (tertiary/aromatic N) is 2. The number of carbonyl (C=O) groups is 1. The number of aryl methyl sites for hydroxylation is 2. The average molecular weight is 333 g/mol. The quantitative estimate of drug-likeness (QED) is 0.930. The molecular weight excluding hydrogens is 313 g/mol. The topological polar surface area (TPSA) is 65.4 Å². The van der Waals surface area contributed by atoms with Gasteiger partial charge in [-0.3, -0.25) is 9.48 Å². The van der Waals surface area contributed by atoms with Crippen LogP contribution in [-0.4, -0.2) is 29.0 Å². The molecule has 2 heterocycles. The molecule has 0 aliphatic carbocycles. The Morgan fingerprint density at radius 3 is 2.92 bits per heavy atom. The molecule has 1 aromatic carbocycles. The zero-order chi connectivity index (χ0) is 17.3. The lowest BCUT2D eigenvalue weighted by Crippen LogP contribution is -2.27. The van der Waals surface area contributed by atoms with Gasteiger partial charge in [0.1, 0.15) is 11.6 Å². The Kier molecular flexibility index (Phi) is 4.53. The minimum atomic E-state index is -0.330. The van der Waals surface area contributed by atoms with Gasteiger partial charge in [0.05, 0.1) is 17.9 Å². The van der Waals surface area contributed by atoms with E-state index >= 15 is 0 Å². The van der Waals surface area contributed by atoms with Gasteiger partial charge in [-0.1, -0.05) is 0 Å². The number of rotatable bonds is 4. The summed E-state index contributed by atoms with van der Waals surface area (Å²) in [6.45, 7) is 4.53. The van der Waals surface area contributed by atoms with Crippen molar-refractivity contribution in [1.29, 1.82) is 0 Å². The number of aromatic nitrogens is 2. The number of benzene rings is 1. The van der Waals surface area contributed by atoms with Gasteiger partial charge in [-0.2, -0.15) is 5.10 Å². The lowest BCUT2D eigenvalue weighted by molar-refractivity contribution is -0.0172. The van der Waals surface area contributed by atoms with E-state index < -0.39 is 0 Å². The molecule has 0 fully saturated rings. The van der Waals surface area contributed by atoms with Crippen LogP contribution in [0.5, 0.6) is 5.75 Å². The highest BCUT2D eigenvalue weighted by molar-refractivity contribution is 5.96. The average Bonchev–Trinajstić information content (AvgIpc) is 2.79. The minimum Gasteiger partial charge on any atom is -0.467 e. The maximum Gasteiger partial charge on any atom is 0.255 e. The molecule has 0 unspecified atom stereocenters. The Labute approximate surface area is 139 Å². The monoisotopic (exact) mass is 333 g/mol. The third-order valence-electron chi connectivity index (χ3n) is 4.17. The largest absolute Gasteiger partial charge is 0.467 e. The summed E-state index contributed by atoms with van der Waals surface area (Å²) >= 11 is 0. The molecule has 24 heavy (non-hydrogen) atoms. The smallest absolute Gasteiger partial charge is 0.255 e. The summed E-state index contributed by atoms with van der Waals surface area (Å²) in [5, 5.41) is 7.11. The molecule has 1 aliphatic rings. The number of hydrogen-bond donors (Lipinski definition) is 1. The van der Waals surface area contributed by atoms with Gasteiger partial charge >= 0.3 is 0 Å². The molecule has 1 N–H and O–H groups in total. The number of halogens is 1. The molecule has 0 radical (unpaired) electrons. The standard InChI is InChI=1S/C17H20FN3O3/c1-10-15(11(2)21(3)20-10)17(22)19-5-4-12-6-14(18)7-13-8-23-9-24-16(12)13/h6-7H,4-5,8-9H2,1-3H3,(H,19,22). The molecule has 0 spiro atoms. The van der Waals surface area contributed by atoms with E-state index in [1.165, 1.54) is 12.1 Å². The van der Waals surface area contributed by atoms with Crippen molar-refractivity contribution in [2.75, 3.05) is 13.3 Å². The summed E-state index contributed by atoms with van der Waals surface area (Å²) < 4.78 is 26.0. The molecule has 2 aromatic rings. The molecule has 7 heteroatoms. The third kappa shape index (κ3) is 3.12. The van der Waals surface area contributed by atoms with E-state index in [9.17, 15) is 9.18 Å². The van der Waals surface area contributed by atoms with Crippen molar-refractivity contribution >= 4 is 5.91 Å². The zero-order valence-electron chi connectivity index (χ0n) is 14.0. The Bertz CT molecular complexity index is 786. The fraction of sp³-hybridized carbons (Fsp3) is 0.412. The van der Waals surface area contributed by atoms with Crippen molar-refractivity contribution in [3.05, 3.63) is 46.0 Å². The van der Waals surface area contributed by atoms with Crippen LogP contribution in [0.3, 0.4) is 0 Å². The van der Waals surface area contributed by atoms with Crippen LogP contribution in [0.4, 0.5) is 4.39 Å². The Morgan fingerprint density at radius 1 is 1.42 bits per heavy atom. The van der Waals surface area contributed by atoms with E-state index in [4.69, 9.17) is 9.47 Å². The number of hydrogen-bond acceptors (Lipinski definition) is 4. The van der Waals surface area contributed by atoms with Crippen molar-refractivity contribution < 1.29 is 18.7 Å². The van der Waals surface area contributed by atoms with Crippen LogP contribution in [0.1, 0.15) is 32.9 Å². The van der Waals surface area contributed by atoms with Gasteiger partial charge in [-0.25, -0.2) is 4.39 Å². The highest BCUT2D eigenvalue weighted by atomic mass is 19.1. The normalized spacial score (nSPS) is 13.3. The van der Waals surface area contributed by atoms with Crippen LogP contribution in [-0.2, 0) is 24.8 Å². The first-order valence-electron chi connectivity index (χ1n) is 7.77. The van der Waals surface area contributed by atoms with E-state index in [1.807, 2.05) is 6.92 Å². The van der Waals surface area contributed by atoms with E-state index in [0.717, 1.165) is 11.3 Å². The van der Waals surface area contributed by atoms with Crippen LogP contribution in [0.25, 0.3) is 0 Å². The second-order valence-corrected chi connectivity index (χ2v) is 5.84. The molecule has 1 amide bonds. The van der Waals surface area contributed by atoms with Gasteiger partial charge in [0.15, 0.2) is 6.79 Å². The second-order valence-electron chi connectivity index (χ2n) is 5.84. The summed E-state index contributed by atoms with van der Waals surface area (Å²) in [7, 11) is 1.80. The fourth-order valence-corrected chi connectivity index (χ4v) is 2.94. The molecular formula is C17H20FN3O3. The van der Waals surface area contributed by atoms with Crippen molar-refractivity contribution in [3.63, 3.8) is 0 Å². The third-order valence-corrected chi connectivity index (χ3v) is 4.17. The van der Waals surface area contributed by atoms with Crippen LogP contribution >= 0.6 is 0 Å². The Balaban J connectivity index is 1.69. The maximum absolute atomic E-state index is 13.7. The molecule has 128 valence electrons. The number of carbonyl (C=O) groups excluding carboxylic acids is 1. The van der Waals surface area contributed by atoms with Crippen molar-refractivity contribution in [2.24, 2.45) is 7.05 Å². The van der Waals surface area contributed by atoms with Crippen molar-refractivity contribution in [2.45, 2.75) is 26.9 Å². The maximum atomic E-state index is 13.7. The molecule has 6 nitrogen and oxygen atoms in total. The second kappa shape index (κ2) is 6.60. The lowest BCUT2D eigenvalue weighted by atomic mass is 10.1. The molecule has 1 aliphatic heterocycles. The lowest BCUT2D eigenvalue weighted by Gasteiger charge is -2.21. The van der Waals surface area contributed by atoms with Crippen LogP contribution in [0.15, 0.2) is 12.1 Å². The van der Waals surface area contributed by atoms with E-state index in [0.29, 0.717) is 42.1 Å². The van der Waals surface area contributed by atoms with E-state index in [-0.39, 0.29) is 18.5 Å². The number of ether oxygens (including phenoxy) is 2. The highest BCUT2D eigenvalue weighted by Crippen LogP contribution is 2.29.